The average molecular weight is 209 g/mol. The molecular weight excluding hydrogens is 182 g/mol. The summed E-state index contributed by atoms with van der Waals surface area (Å²) in [5, 5.41) is 0. The highest BCUT2D eigenvalue weighted by molar-refractivity contribution is 4.96. The van der Waals surface area contributed by atoms with Crippen molar-refractivity contribution in [1.82, 2.24) is 0 Å². The molecule has 2 saturated carbocycles. The molecule has 0 saturated heterocycles. The van der Waals surface area contributed by atoms with Crippen LogP contribution in [0.3, 0.4) is 0 Å². The van der Waals surface area contributed by atoms with E-state index in [4.69, 9.17) is 5.73 Å². The molecule has 0 aromatic rings. The standard InChI is InChI=1S/C14H27N/c1-11-5-7-13(8-6-11)14(15)9-3-4-12(2)10-14/h11-13H,3-10,15H2,1-2H3. The van der Waals surface area contributed by atoms with E-state index < -0.39 is 0 Å². The van der Waals surface area contributed by atoms with E-state index in [1.165, 1.54) is 51.4 Å². The Hall–Kier alpha value is -0.0400. The smallest absolute Gasteiger partial charge is 0.0185 e. The van der Waals surface area contributed by atoms with Crippen molar-refractivity contribution >= 4 is 0 Å². The summed E-state index contributed by atoms with van der Waals surface area (Å²) in [4.78, 5) is 0. The second-order valence-corrected chi connectivity index (χ2v) is 6.39. The zero-order chi connectivity index (χ0) is 10.9. The van der Waals surface area contributed by atoms with Gasteiger partial charge in [0.25, 0.3) is 0 Å². The van der Waals surface area contributed by atoms with Gasteiger partial charge in [-0.05, 0) is 43.4 Å². The van der Waals surface area contributed by atoms with Gasteiger partial charge in [0.2, 0.25) is 0 Å². The third-order valence-electron chi connectivity index (χ3n) is 4.90. The lowest BCUT2D eigenvalue weighted by Gasteiger charge is -2.45. The highest BCUT2D eigenvalue weighted by Gasteiger charge is 2.39. The molecule has 2 N–H and O–H groups in total. The summed E-state index contributed by atoms with van der Waals surface area (Å²) in [6, 6.07) is 0. The molecule has 2 atom stereocenters. The van der Waals surface area contributed by atoms with Crippen LogP contribution in [0.25, 0.3) is 0 Å². The van der Waals surface area contributed by atoms with Crippen molar-refractivity contribution in [2.45, 2.75) is 70.8 Å². The monoisotopic (exact) mass is 209 g/mol. The van der Waals surface area contributed by atoms with Crippen molar-refractivity contribution in [3.05, 3.63) is 0 Å². The van der Waals surface area contributed by atoms with Crippen molar-refractivity contribution in [2.24, 2.45) is 23.5 Å². The summed E-state index contributed by atoms with van der Waals surface area (Å²) >= 11 is 0. The second-order valence-electron chi connectivity index (χ2n) is 6.39. The number of rotatable bonds is 1. The predicted molar refractivity (Wildman–Crippen MR) is 65.7 cm³/mol. The minimum Gasteiger partial charge on any atom is -0.325 e. The highest BCUT2D eigenvalue weighted by atomic mass is 14.8. The molecule has 2 aliphatic carbocycles. The molecule has 1 nitrogen and oxygen atoms in total. The summed E-state index contributed by atoms with van der Waals surface area (Å²) in [5.74, 6) is 2.64. The van der Waals surface area contributed by atoms with Crippen LogP contribution in [0, 0.1) is 17.8 Å². The van der Waals surface area contributed by atoms with Crippen LogP contribution in [0.5, 0.6) is 0 Å². The number of nitrogens with two attached hydrogens (primary N) is 1. The average Bonchev–Trinajstić information content (AvgIpc) is 2.18. The maximum atomic E-state index is 6.67. The molecule has 0 bridgehead atoms. The quantitative estimate of drug-likeness (QED) is 0.700. The van der Waals surface area contributed by atoms with Crippen LogP contribution >= 0.6 is 0 Å². The molecule has 2 rings (SSSR count). The molecular formula is C14H27N. The van der Waals surface area contributed by atoms with Gasteiger partial charge < -0.3 is 5.73 Å². The van der Waals surface area contributed by atoms with Gasteiger partial charge in [-0.2, -0.15) is 0 Å². The van der Waals surface area contributed by atoms with Crippen LogP contribution in [-0.4, -0.2) is 5.54 Å². The fourth-order valence-corrected chi connectivity index (χ4v) is 3.84. The second kappa shape index (κ2) is 4.45. The fraction of sp³-hybridized carbons (Fsp3) is 1.00. The van der Waals surface area contributed by atoms with Crippen molar-refractivity contribution in [2.75, 3.05) is 0 Å². The summed E-state index contributed by atoms with van der Waals surface area (Å²) in [7, 11) is 0. The molecule has 0 aliphatic heterocycles. The van der Waals surface area contributed by atoms with Crippen LogP contribution in [0.15, 0.2) is 0 Å². The van der Waals surface area contributed by atoms with E-state index in [1.54, 1.807) is 0 Å². The van der Waals surface area contributed by atoms with Gasteiger partial charge in [0.15, 0.2) is 0 Å². The summed E-state index contributed by atoms with van der Waals surface area (Å²) in [6.45, 7) is 4.77. The van der Waals surface area contributed by atoms with Crippen LogP contribution in [0.1, 0.15) is 65.2 Å². The van der Waals surface area contributed by atoms with Gasteiger partial charge in [0, 0.05) is 5.54 Å². The minimum atomic E-state index is 0.206. The zero-order valence-corrected chi connectivity index (χ0v) is 10.5. The van der Waals surface area contributed by atoms with Crippen LogP contribution < -0.4 is 5.73 Å². The lowest BCUT2D eigenvalue weighted by molar-refractivity contribution is 0.114. The molecule has 1 heteroatoms. The Balaban J connectivity index is 1.95. The first-order valence-electron chi connectivity index (χ1n) is 6.89. The van der Waals surface area contributed by atoms with E-state index >= 15 is 0 Å². The largest absolute Gasteiger partial charge is 0.325 e. The van der Waals surface area contributed by atoms with Gasteiger partial charge in [-0.15, -0.1) is 0 Å². The first-order chi connectivity index (χ1) is 7.10. The SMILES string of the molecule is CC1CCC(C2(N)CCCC(C)C2)CC1. The maximum absolute atomic E-state index is 6.67. The van der Waals surface area contributed by atoms with Crippen molar-refractivity contribution in [3.8, 4) is 0 Å². The van der Waals surface area contributed by atoms with Gasteiger partial charge in [-0.25, -0.2) is 0 Å². The molecule has 0 aromatic heterocycles. The maximum Gasteiger partial charge on any atom is 0.0185 e. The van der Waals surface area contributed by atoms with E-state index in [2.05, 4.69) is 13.8 Å². The molecule has 0 amide bonds. The predicted octanol–water partition coefficient (Wildman–Crippen LogP) is 3.72. The van der Waals surface area contributed by atoms with Gasteiger partial charge >= 0.3 is 0 Å². The Kier molecular flexibility index (Phi) is 3.39. The van der Waals surface area contributed by atoms with Gasteiger partial charge in [-0.1, -0.05) is 39.5 Å². The summed E-state index contributed by atoms with van der Waals surface area (Å²) in [5.41, 5.74) is 6.88. The molecule has 0 radical (unpaired) electrons. The van der Waals surface area contributed by atoms with Crippen molar-refractivity contribution in [1.29, 1.82) is 0 Å². The molecule has 2 fully saturated rings. The molecule has 2 aliphatic rings. The van der Waals surface area contributed by atoms with Crippen LogP contribution in [0.2, 0.25) is 0 Å². The Labute approximate surface area is 94.8 Å². The van der Waals surface area contributed by atoms with E-state index in [1.807, 2.05) is 0 Å². The van der Waals surface area contributed by atoms with Gasteiger partial charge in [0.05, 0.1) is 0 Å². The first-order valence-corrected chi connectivity index (χ1v) is 6.89. The lowest BCUT2D eigenvalue weighted by atomic mass is 9.64. The highest BCUT2D eigenvalue weighted by Crippen LogP contribution is 2.42. The van der Waals surface area contributed by atoms with Crippen LogP contribution in [-0.2, 0) is 0 Å². The molecule has 0 heterocycles. The lowest BCUT2D eigenvalue weighted by Crippen LogP contribution is -2.51. The molecule has 88 valence electrons. The van der Waals surface area contributed by atoms with Crippen molar-refractivity contribution in [3.63, 3.8) is 0 Å². The zero-order valence-electron chi connectivity index (χ0n) is 10.5. The van der Waals surface area contributed by atoms with Gasteiger partial charge in [-0.3, -0.25) is 0 Å². The Morgan fingerprint density at radius 3 is 2.20 bits per heavy atom. The van der Waals surface area contributed by atoms with E-state index in [0.717, 1.165) is 17.8 Å². The first kappa shape index (κ1) is 11.4. The molecule has 0 spiro atoms. The van der Waals surface area contributed by atoms with Crippen molar-refractivity contribution < 1.29 is 0 Å². The minimum absolute atomic E-state index is 0.206. The topological polar surface area (TPSA) is 26.0 Å². The Morgan fingerprint density at radius 1 is 0.933 bits per heavy atom. The van der Waals surface area contributed by atoms with E-state index in [9.17, 15) is 0 Å². The Morgan fingerprint density at radius 2 is 1.60 bits per heavy atom. The molecule has 0 aromatic carbocycles. The normalized spacial score (nSPS) is 47.8. The summed E-state index contributed by atoms with van der Waals surface area (Å²) < 4.78 is 0. The van der Waals surface area contributed by atoms with E-state index in [-0.39, 0.29) is 5.54 Å². The molecule has 15 heavy (non-hydrogen) atoms. The van der Waals surface area contributed by atoms with E-state index in [0.29, 0.717) is 0 Å². The number of hydrogen-bond acceptors (Lipinski definition) is 1. The van der Waals surface area contributed by atoms with Gasteiger partial charge in [0.1, 0.15) is 0 Å². The Bertz CT molecular complexity index is 205. The third kappa shape index (κ3) is 2.55. The van der Waals surface area contributed by atoms with Crippen LogP contribution in [0.4, 0.5) is 0 Å². The molecule has 2 unspecified atom stereocenters. The number of hydrogen-bond donors (Lipinski definition) is 1. The fourth-order valence-electron chi connectivity index (χ4n) is 3.84. The third-order valence-corrected chi connectivity index (χ3v) is 4.90. The summed E-state index contributed by atoms with van der Waals surface area (Å²) in [6.07, 6.45) is 11.0.